The Morgan fingerprint density at radius 2 is 2.00 bits per heavy atom. The van der Waals surface area contributed by atoms with Crippen molar-refractivity contribution in [1.29, 1.82) is 0 Å². The number of carbonyl (C=O) groups excluding carboxylic acids is 1. The van der Waals surface area contributed by atoms with Gasteiger partial charge in [-0.1, -0.05) is 24.3 Å². The number of benzene rings is 1. The van der Waals surface area contributed by atoms with Crippen molar-refractivity contribution in [3.63, 3.8) is 0 Å². The van der Waals surface area contributed by atoms with E-state index in [9.17, 15) is 4.79 Å². The van der Waals surface area contributed by atoms with E-state index in [0.29, 0.717) is 32.1 Å². The molecule has 1 heterocycles. The Hall–Kier alpha value is -1.39. The first-order valence-corrected chi connectivity index (χ1v) is 9.35. The smallest absolute Gasteiger partial charge is 0.223 e. The standard InChI is InChI=1S/C20H27NO3/c1-2-23-20-17-7-8-18(20)24-10-9-21(17)19(22)13-14-11-15-5-3-4-6-16(15)12-14/h3-6,14,17-18,20H,2,7-13H2,1H3. The van der Waals surface area contributed by atoms with E-state index in [2.05, 4.69) is 29.2 Å². The Balaban J connectivity index is 1.42. The average Bonchev–Trinajstić information content (AvgIpc) is 3.08. The van der Waals surface area contributed by atoms with Crippen molar-refractivity contribution in [3.8, 4) is 0 Å². The molecule has 24 heavy (non-hydrogen) atoms. The van der Waals surface area contributed by atoms with E-state index in [1.54, 1.807) is 0 Å². The molecule has 1 aromatic rings. The van der Waals surface area contributed by atoms with Crippen molar-refractivity contribution < 1.29 is 14.3 Å². The molecule has 0 aromatic heterocycles. The number of hydrogen-bond acceptors (Lipinski definition) is 3. The summed E-state index contributed by atoms with van der Waals surface area (Å²) in [7, 11) is 0. The highest BCUT2D eigenvalue weighted by Crippen LogP contribution is 2.34. The fourth-order valence-electron chi connectivity index (χ4n) is 4.77. The minimum atomic E-state index is 0.0576. The summed E-state index contributed by atoms with van der Waals surface area (Å²) in [5.41, 5.74) is 2.84. The van der Waals surface area contributed by atoms with Crippen LogP contribution >= 0.6 is 0 Å². The largest absolute Gasteiger partial charge is 0.374 e. The molecule has 3 atom stereocenters. The quantitative estimate of drug-likeness (QED) is 0.852. The van der Waals surface area contributed by atoms with E-state index in [4.69, 9.17) is 9.47 Å². The molecule has 1 amide bonds. The van der Waals surface area contributed by atoms with Crippen molar-refractivity contribution in [3.05, 3.63) is 35.4 Å². The number of fused-ring (bicyclic) bond motifs is 3. The lowest BCUT2D eigenvalue weighted by molar-refractivity contribution is -0.136. The normalized spacial score (nSPS) is 29.5. The van der Waals surface area contributed by atoms with Crippen LogP contribution in [0.1, 0.15) is 37.3 Å². The van der Waals surface area contributed by atoms with Gasteiger partial charge in [0, 0.05) is 19.6 Å². The lowest BCUT2D eigenvalue weighted by atomic mass is 10.0. The first kappa shape index (κ1) is 16.1. The van der Waals surface area contributed by atoms with Crippen LogP contribution in [-0.2, 0) is 27.1 Å². The molecule has 0 N–H and O–H groups in total. The Kier molecular flexibility index (Phi) is 4.59. The van der Waals surface area contributed by atoms with E-state index >= 15 is 0 Å². The summed E-state index contributed by atoms with van der Waals surface area (Å²) in [6, 6.07) is 8.80. The number of nitrogens with zero attached hydrogens (tertiary/aromatic N) is 1. The lowest BCUT2D eigenvalue weighted by Gasteiger charge is -2.32. The van der Waals surface area contributed by atoms with Crippen molar-refractivity contribution >= 4 is 5.91 Å². The molecular formula is C20H27NO3. The van der Waals surface area contributed by atoms with Gasteiger partial charge in [0.1, 0.15) is 6.10 Å². The number of rotatable bonds is 4. The predicted octanol–water partition coefficient (Wildman–Crippen LogP) is 2.59. The number of hydrogen-bond donors (Lipinski definition) is 0. The molecule has 3 aliphatic rings. The molecule has 2 fully saturated rings. The lowest BCUT2D eigenvalue weighted by Crippen LogP contribution is -2.47. The van der Waals surface area contributed by atoms with Gasteiger partial charge in [-0.3, -0.25) is 4.79 Å². The summed E-state index contributed by atoms with van der Waals surface area (Å²) in [5, 5.41) is 0. The molecule has 0 spiro atoms. The summed E-state index contributed by atoms with van der Waals surface area (Å²) in [5.74, 6) is 0.732. The molecule has 130 valence electrons. The molecule has 1 aromatic carbocycles. The van der Waals surface area contributed by atoms with Crippen LogP contribution in [0.15, 0.2) is 24.3 Å². The minimum absolute atomic E-state index is 0.0576. The van der Waals surface area contributed by atoms with E-state index in [1.165, 1.54) is 11.1 Å². The highest BCUT2D eigenvalue weighted by atomic mass is 16.5. The second kappa shape index (κ2) is 6.85. The van der Waals surface area contributed by atoms with E-state index < -0.39 is 0 Å². The Morgan fingerprint density at radius 1 is 1.25 bits per heavy atom. The second-order valence-corrected chi connectivity index (χ2v) is 7.31. The first-order chi connectivity index (χ1) is 11.8. The zero-order valence-electron chi connectivity index (χ0n) is 14.4. The zero-order chi connectivity index (χ0) is 16.5. The molecule has 1 saturated carbocycles. The van der Waals surface area contributed by atoms with Crippen molar-refractivity contribution in [2.75, 3.05) is 19.8 Å². The van der Waals surface area contributed by atoms with Gasteiger partial charge in [0.2, 0.25) is 5.91 Å². The van der Waals surface area contributed by atoms with Crippen molar-refractivity contribution in [2.45, 2.75) is 57.3 Å². The molecule has 1 aliphatic heterocycles. The van der Waals surface area contributed by atoms with Gasteiger partial charge >= 0.3 is 0 Å². The summed E-state index contributed by atoms with van der Waals surface area (Å²) >= 11 is 0. The van der Waals surface area contributed by atoms with E-state index in [-0.39, 0.29) is 24.2 Å². The third-order valence-corrected chi connectivity index (χ3v) is 5.84. The number of carbonyl (C=O) groups is 1. The second-order valence-electron chi connectivity index (χ2n) is 7.31. The van der Waals surface area contributed by atoms with Gasteiger partial charge in [0.05, 0.1) is 18.8 Å². The molecule has 4 rings (SSSR count). The van der Waals surface area contributed by atoms with Crippen molar-refractivity contribution in [2.24, 2.45) is 5.92 Å². The van der Waals surface area contributed by atoms with Crippen LogP contribution in [0.25, 0.3) is 0 Å². The third-order valence-electron chi connectivity index (χ3n) is 5.84. The molecule has 2 bridgehead atoms. The molecule has 2 aliphatic carbocycles. The molecule has 0 radical (unpaired) electrons. The molecule has 4 nitrogen and oxygen atoms in total. The third kappa shape index (κ3) is 2.98. The van der Waals surface area contributed by atoms with Crippen LogP contribution in [0.5, 0.6) is 0 Å². The van der Waals surface area contributed by atoms with Crippen LogP contribution in [0.2, 0.25) is 0 Å². The molecule has 1 saturated heterocycles. The maximum atomic E-state index is 13.0. The van der Waals surface area contributed by atoms with Crippen LogP contribution in [0.3, 0.4) is 0 Å². The number of ether oxygens (including phenoxy) is 2. The van der Waals surface area contributed by atoms with Crippen LogP contribution in [-0.4, -0.2) is 48.8 Å². The first-order valence-electron chi connectivity index (χ1n) is 9.35. The van der Waals surface area contributed by atoms with Crippen LogP contribution in [0, 0.1) is 5.92 Å². The van der Waals surface area contributed by atoms with Gasteiger partial charge in [-0.05, 0) is 49.7 Å². The van der Waals surface area contributed by atoms with Crippen LogP contribution in [0.4, 0.5) is 0 Å². The Bertz CT molecular complexity index is 577. The van der Waals surface area contributed by atoms with Crippen molar-refractivity contribution in [1.82, 2.24) is 4.90 Å². The average molecular weight is 329 g/mol. The molecule has 4 heteroatoms. The molecule has 3 unspecified atom stereocenters. The fraction of sp³-hybridized carbons (Fsp3) is 0.650. The Morgan fingerprint density at radius 3 is 2.71 bits per heavy atom. The number of amides is 1. The summed E-state index contributed by atoms with van der Waals surface area (Å²) in [6.07, 6.45) is 4.96. The maximum absolute atomic E-state index is 13.0. The zero-order valence-corrected chi connectivity index (χ0v) is 14.4. The van der Waals surface area contributed by atoms with Gasteiger partial charge in [-0.2, -0.15) is 0 Å². The summed E-state index contributed by atoms with van der Waals surface area (Å²) < 4.78 is 11.9. The maximum Gasteiger partial charge on any atom is 0.223 e. The predicted molar refractivity (Wildman–Crippen MR) is 91.8 cm³/mol. The summed E-state index contributed by atoms with van der Waals surface area (Å²) in [4.78, 5) is 15.1. The Labute approximate surface area is 144 Å². The van der Waals surface area contributed by atoms with Crippen LogP contribution < -0.4 is 0 Å². The van der Waals surface area contributed by atoms with E-state index in [0.717, 1.165) is 25.7 Å². The highest BCUT2D eigenvalue weighted by Gasteiger charge is 2.44. The summed E-state index contributed by atoms with van der Waals surface area (Å²) in [6.45, 7) is 4.05. The SMILES string of the molecule is CCOC1C2CCC1N(C(=O)CC1Cc3ccccc3C1)CCO2. The topological polar surface area (TPSA) is 38.8 Å². The van der Waals surface area contributed by atoms with E-state index in [1.807, 2.05) is 6.92 Å². The fourth-order valence-corrected chi connectivity index (χ4v) is 4.77. The molecular weight excluding hydrogens is 302 g/mol. The monoisotopic (exact) mass is 329 g/mol. The van der Waals surface area contributed by atoms with Gasteiger partial charge in [0.15, 0.2) is 0 Å². The van der Waals surface area contributed by atoms with Gasteiger partial charge in [0.25, 0.3) is 0 Å². The van der Waals surface area contributed by atoms with Gasteiger partial charge in [-0.15, -0.1) is 0 Å². The van der Waals surface area contributed by atoms with Gasteiger partial charge < -0.3 is 14.4 Å². The highest BCUT2D eigenvalue weighted by molar-refractivity contribution is 5.77. The van der Waals surface area contributed by atoms with Gasteiger partial charge in [-0.25, -0.2) is 0 Å². The minimum Gasteiger partial charge on any atom is -0.374 e.